The molecule has 2 amide bonds. The fourth-order valence-electron chi connectivity index (χ4n) is 5.98. The molecule has 1 aromatic heterocycles. The highest BCUT2D eigenvalue weighted by molar-refractivity contribution is 9.10. The molecule has 0 saturated heterocycles. The third-order valence-electron chi connectivity index (χ3n) is 6.92. The van der Waals surface area contributed by atoms with E-state index in [9.17, 15) is 9.59 Å². The van der Waals surface area contributed by atoms with Gasteiger partial charge in [0.2, 0.25) is 5.91 Å². The van der Waals surface area contributed by atoms with E-state index in [2.05, 4.69) is 45.5 Å². The molecular formula is C21H30BrN3O3. The lowest BCUT2D eigenvalue weighted by Crippen LogP contribution is -2.60. The molecule has 1 aromatic rings. The molecular weight excluding hydrogens is 422 g/mol. The topological polar surface area (TPSA) is 74.6 Å². The molecule has 2 unspecified atom stereocenters. The van der Waals surface area contributed by atoms with Crippen LogP contribution in [0.3, 0.4) is 0 Å². The fraction of sp³-hybridized carbons (Fsp3) is 0.714. The van der Waals surface area contributed by atoms with Crippen LogP contribution in [0.5, 0.6) is 0 Å². The molecule has 0 spiro atoms. The highest BCUT2D eigenvalue weighted by atomic mass is 79.9. The second kappa shape index (κ2) is 7.48. The number of amides is 2. The van der Waals surface area contributed by atoms with Crippen LogP contribution in [0.15, 0.2) is 16.5 Å². The summed E-state index contributed by atoms with van der Waals surface area (Å²) in [5.74, 6) is 1.77. The molecule has 2 N–H and O–H groups in total. The van der Waals surface area contributed by atoms with Crippen LogP contribution < -0.4 is 10.9 Å². The molecule has 4 aliphatic rings. The average molecular weight is 452 g/mol. The van der Waals surface area contributed by atoms with Crippen molar-refractivity contribution in [3.63, 3.8) is 0 Å². The number of nitrogens with one attached hydrogen (secondary N) is 2. The number of alkyl halides is 1. The van der Waals surface area contributed by atoms with Crippen molar-refractivity contribution in [1.29, 1.82) is 0 Å². The summed E-state index contributed by atoms with van der Waals surface area (Å²) in [7, 11) is 0. The Balaban J connectivity index is 1.35. The number of hydrogen-bond acceptors (Lipinski definition) is 4. The first kappa shape index (κ1) is 20.0. The third-order valence-corrected chi connectivity index (χ3v) is 7.85. The molecule has 4 aliphatic carbocycles. The zero-order chi connectivity index (χ0) is 19.9. The SMILES string of the molecule is CCN(CC)Cc1ccc(C(=O)NNC(=O)C23CC4CC(CC(Br)(C4)C2)C3)o1. The molecule has 5 rings (SSSR count). The smallest absolute Gasteiger partial charge is 0.305 e. The van der Waals surface area contributed by atoms with Crippen molar-refractivity contribution in [1.82, 2.24) is 15.8 Å². The van der Waals surface area contributed by atoms with Gasteiger partial charge in [-0.2, -0.15) is 0 Å². The predicted octanol–water partition coefficient (Wildman–Crippen LogP) is 3.62. The number of hydrogen-bond donors (Lipinski definition) is 2. The highest BCUT2D eigenvalue weighted by Crippen LogP contribution is 2.64. The molecule has 2 atom stereocenters. The fourth-order valence-corrected chi connectivity index (χ4v) is 7.43. The summed E-state index contributed by atoms with van der Waals surface area (Å²) in [6, 6.07) is 3.49. The number of carbonyl (C=O) groups excluding carboxylic acids is 2. The van der Waals surface area contributed by atoms with Crippen LogP contribution in [0, 0.1) is 17.3 Å². The number of hydrazine groups is 1. The monoisotopic (exact) mass is 451 g/mol. The summed E-state index contributed by atoms with van der Waals surface area (Å²) in [6.45, 7) is 6.71. The standard InChI is InChI=1S/C21H30BrN3O3/c1-3-25(4-2)12-16-5-6-17(28-16)18(26)23-24-19(27)20-8-14-7-15(9-20)11-21(22,10-14)13-20/h5-6,14-15H,3-4,7-13H2,1-2H3,(H,23,26)(H,24,27). The maximum Gasteiger partial charge on any atom is 0.305 e. The van der Waals surface area contributed by atoms with Gasteiger partial charge in [0.05, 0.1) is 12.0 Å². The van der Waals surface area contributed by atoms with Crippen molar-refractivity contribution in [3.8, 4) is 0 Å². The third kappa shape index (κ3) is 3.75. The van der Waals surface area contributed by atoms with Crippen LogP contribution in [0.2, 0.25) is 0 Å². The van der Waals surface area contributed by atoms with E-state index >= 15 is 0 Å². The molecule has 4 saturated carbocycles. The van der Waals surface area contributed by atoms with Crippen molar-refractivity contribution >= 4 is 27.7 Å². The molecule has 6 nitrogen and oxygen atoms in total. The Hall–Kier alpha value is -1.34. The Bertz CT molecular complexity index is 744. The lowest BCUT2D eigenvalue weighted by molar-refractivity contribution is -0.144. The van der Waals surface area contributed by atoms with Crippen LogP contribution >= 0.6 is 15.9 Å². The van der Waals surface area contributed by atoms with Crippen molar-refractivity contribution in [2.24, 2.45) is 17.3 Å². The Morgan fingerprint density at radius 1 is 1.14 bits per heavy atom. The Morgan fingerprint density at radius 2 is 1.82 bits per heavy atom. The molecule has 4 fully saturated rings. The van der Waals surface area contributed by atoms with Crippen molar-refractivity contribution in [2.45, 2.75) is 63.2 Å². The Morgan fingerprint density at radius 3 is 2.43 bits per heavy atom. The van der Waals surface area contributed by atoms with Gasteiger partial charge >= 0.3 is 5.91 Å². The minimum atomic E-state index is -0.405. The number of nitrogens with zero attached hydrogens (tertiary/aromatic N) is 1. The average Bonchev–Trinajstić information content (AvgIpc) is 3.10. The molecule has 0 aliphatic heterocycles. The summed E-state index contributed by atoms with van der Waals surface area (Å²) >= 11 is 3.93. The first-order chi connectivity index (χ1) is 13.3. The largest absolute Gasteiger partial charge is 0.454 e. The molecule has 1 heterocycles. The quantitative estimate of drug-likeness (QED) is 0.511. The van der Waals surface area contributed by atoms with E-state index in [1.807, 2.05) is 6.07 Å². The Labute approximate surface area is 174 Å². The van der Waals surface area contributed by atoms with Crippen molar-refractivity contribution < 1.29 is 14.0 Å². The first-order valence-electron chi connectivity index (χ1n) is 10.5. The molecule has 0 radical (unpaired) electrons. The summed E-state index contributed by atoms with van der Waals surface area (Å²) in [4.78, 5) is 27.7. The van der Waals surface area contributed by atoms with Gasteiger partial charge in [0.1, 0.15) is 5.76 Å². The second-order valence-corrected chi connectivity index (χ2v) is 10.7. The zero-order valence-electron chi connectivity index (χ0n) is 16.7. The number of halogens is 1. The van der Waals surface area contributed by atoms with E-state index in [4.69, 9.17) is 4.42 Å². The van der Waals surface area contributed by atoms with Gasteiger partial charge in [-0.15, -0.1) is 0 Å². The maximum absolute atomic E-state index is 13.0. The van der Waals surface area contributed by atoms with Crippen LogP contribution in [0.4, 0.5) is 0 Å². The second-order valence-electron chi connectivity index (χ2n) is 9.03. The van der Waals surface area contributed by atoms with Gasteiger partial charge in [0.15, 0.2) is 5.76 Å². The van der Waals surface area contributed by atoms with Gasteiger partial charge in [-0.1, -0.05) is 29.8 Å². The predicted molar refractivity (Wildman–Crippen MR) is 110 cm³/mol. The summed E-state index contributed by atoms with van der Waals surface area (Å²) in [5.41, 5.74) is 4.92. The van der Waals surface area contributed by atoms with Gasteiger partial charge < -0.3 is 4.42 Å². The number of rotatable bonds is 6. The van der Waals surface area contributed by atoms with Gasteiger partial charge in [-0.3, -0.25) is 25.3 Å². The van der Waals surface area contributed by atoms with Gasteiger partial charge in [0.25, 0.3) is 0 Å². The zero-order valence-corrected chi connectivity index (χ0v) is 18.3. The highest BCUT2D eigenvalue weighted by Gasteiger charge is 2.59. The van der Waals surface area contributed by atoms with Crippen LogP contribution in [-0.2, 0) is 11.3 Å². The molecule has 7 heteroatoms. The van der Waals surface area contributed by atoms with Gasteiger partial charge in [-0.25, -0.2) is 0 Å². The normalized spacial score (nSPS) is 33.3. The lowest BCUT2D eigenvalue weighted by Gasteiger charge is -2.59. The summed E-state index contributed by atoms with van der Waals surface area (Å²) < 4.78 is 5.77. The van der Waals surface area contributed by atoms with E-state index in [1.54, 1.807) is 6.07 Å². The molecule has 154 valence electrons. The van der Waals surface area contributed by atoms with Gasteiger partial charge in [0, 0.05) is 4.32 Å². The summed E-state index contributed by atoms with van der Waals surface area (Å²) in [5, 5.41) is 0. The van der Waals surface area contributed by atoms with E-state index in [0.29, 0.717) is 18.4 Å². The summed E-state index contributed by atoms with van der Waals surface area (Å²) in [6.07, 6.45) is 6.33. The van der Waals surface area contributed by atoms with E-state index < -0.39 is 5.91 Å². The minimum Gasteiger partial charge on any atom is -0.454 e. The molecule has 0 aromatic carbocycles. The van der Waals surface area contributed by atoms with E-state index in [1.165, 1.54) is 19.3 Å². The van der Waals surface area contributed by atoms with Gasteiger partial charge in [-0.05, 0) is 75.6 Å². The molecule has 28 heavy (non-hydrogen) atoms. The van der Waals surface area contributed by atoms with E-state index in [-0.39, 0.29) is 21.4 Å². The maximum atomic E-state index is 13.0. The lowest BCUT2D eigenvalue weighted by atomic mass is 9.49. The molecule has 4 bridgehead atoms. The minimum absolute atomic E-state index is 0.0475. The van der Waals surface area contributed by atoms with Crippen LogP contribution in [-0.4, -0.2) is 34.1 Å². The van der Waals surface area contributed by atoms with Crippen LogP contribution in [0.25, 0.3) is 0 Å². The van der Waals surface area contributed by atoms with Crippen molar-refractivity contribution in [2.75, 3.05) is 13.1 Å². The van der Waals surface area contributed by atoms with Crippen molar-refractivity contribution in [3.05, 3.63) is 23.7 Å². The number of furan rings is 1. The van der Waals surface area contributed by atoms with E-state index in [0.717, 1.165) is 38.1 Å². The first-order valence-corrected chi connectivity index (χ1v) is 11.2. The number of carbonyl (C=O) groups is 2. The van der Waals surface area contributed by atoms with Crippen LogP contribution in [0.1, 0.15) is 68.7 Å². The Kier molecular flexibility index (Phi) is 5.33.